The summed E-state index contributed by atoms with van der Waals surface area (Å²) in [6.45, 7) is 6.49. The maximum absolute atomic E-state index is 11.6. The molecular weight excluding hydrogens is 250 g/mol. The molecule has 2 rings (SSSR count). The van der Waals surface area contributed by atoms with Crippen molar-refractivity contribution in [2.24, 2.45) is 0 Å². The van der Waals surface area contributed by atoms with Gasteiger partial charge >= 0.3 is 5.97 Å². The molecule has 0 aliphatic carbocycles. The zero-order valence-corrected chi connectivity index (χ0v) is 12.3. The fourth-order valence-corrected chi connectivity index (χ4v) is 2.04. The third kappa shape index (κ3) is 4.35. The average molecular weight is 271 g/mol. The van der Waals surface area contributed by atoms with E-state index in [1.807, 2.05) is 32.9 Å². The first-order valence-corrected chi connectivity index (χ1v) is 6.84. The Bertz CT molecular complexity index is 599. The van der Waals surface area contributed by atoms with E-state index in [1.165, 1.54) is 10.8 Å². The molecule has 0 aliphatic heterocycles. The molecule has 3 heteroatoms. The highest BCUT2D eigenvalue weighted by molar-refractivity contribution is 5.83. The molecule has 0 saturated heterocycles. The van der Waals surface area contributed by atoms with E-state index in [1.54, 1.807) is 0 Å². The van der Waals surface area contributed by atoms with Crippen LogP contribution in [0.4, 0.5) is 0 Å². The summed E-state index contributed by atoms with van der Waals surface area (Å²) in [6, 6.07) is 14.5. The van der Waals surface area contributed by atoms with Crippen molar-refractivity contribution in [3.8, 4) is 0 Å². The van der Waals surface area contributed by atoms with Crippen LogP contribution >= 0.6 is 0 Å². The standard InChI is InChI=1S/C17H21NO2/c1-17(2,3)20-16(19)12-18-11-13-8-9-14-6-4-5-7-15(14)10-13/h4-10,18H,11-12H2,1-3H3. The van der Waals surface area contributed by atoms with E-state index in [2.05, 4.69) is 35.6 Å². The van der Waals surface area contributed by atoms with Crippen LogP contribution in [0.1, 0.15) is 26.3 Å². The summed E-state index contributed by atoms with van der Waals surface area (Å²) in [6.07, 6.45) is 0. The first-order valence-electron chi connectivity index (χ1n) is 6.84. The van der Waals surface area contributed by atoms with Crippen LogP contribution in [0.25, 0.3) is 10.8 Å². The molecule has 106 valence electrons. The van der Waals surface area contributed by atoms with E-state index >= 15 is 0 Å². The summed E-state index contributed by atoms with van der Waals surface area (Å²) in [5.41, 5.74) is 0.731. The molecule has 0 fully saturated rings. The predicted molar refractivity (Wildman–Crippen MR) is 81.5 cm³/mol. The van der Waals surface area contributed by atoms with Gasteiger partial charge in [-0.2, -0.15) is 0 Å². The van der Waals surface area contributed by atoms with Crippen molar-refractivity contribution in [3.05, 3.63) is 48.0 Å². The van der Waals surface area contributed by atoms with Crippen molar-refractivity contribution in [2.45, 2.75) is 32.9 Å². The lowest BCUT2D eigenvalue weighted by Crippen LogP contribution is -2.31. The zero-order chi connectivity index (χ0) is 14.6. The number of ether oxygens (including phenoxy) is 1. The van der Waals surface area contributed by atoms with E-state index in [-0.39, 0.29) is 12.5 Å². The summed E-state index contributed by atoms with van der Waals surface area (Å²) >= 11 is 0. The fourth-order valence-electron chi connectivity index (χ4n) is 2.04. The van der Waals surface area contributed by atoms with Crippen molar-refractivity contribution in [2.75, 3.05) is 6.54 Å². The van der Waals surface area contributed by atoms with Crippen molar-refractivity contribution < 1.29 is 9.53 Å². The van der Waals surface area contributed by atoms with E-state index in [0.717, 1.165) is 5.56 Å². The zero-order valence-electron chi connectivity index (χ0n) is 12.3. The lowest BCUT2D eigenvalue weighted by molar-refractivity contribution is -0.153. The molecule has 2 aromatic carbocycles. The van der Waals surface area contributed by atoms with Gasteiger partial charge in [0.05, 0.1) is 6.54 Å². The summed E-state index contributed by atoms with van der Waals surface area (Å²) in [5, 5.41) is 5.55. The van der Waals surface area contributed by atoms with Gasteiger partial charge < -0.3 is 10.1 Å². The SMILES string of the molecule is CC(C)(C)OC(=O)CNCc1ccc2ccccc2c1. The van der Waals surface area contributed by atoms with Gasteiger partial charge in [-0.3, -0.25) is 4.79 Å². The van der Waals surface area contributed by atoms with E-state index < -0.39 is 5.60 Å². The summed E-state index contributed by atoms with van der Waals surface area (Å²) in [7, 11) is 0. The predicted octanol–water partition coefficient (Wildman–Crippen LogP) is 3.27. The van der Waals surface area contributed by atoms with Crippen molar-refractivity contribution in [1.29, 1.82) is 0 Å². The Balaban J connectivity index is 1.88. The van der Waals surface area contributed by atoms with E-state index in [0.29, 0.717) is 6.54 Å². The number of benzene rings is 2. The molecule has 0 heterocycles. The van der Waals surface area contributed by atoms with Gasteiger partial charge in [0.1, 0.15) is 5.60 Å². The summed E-state index contributed by atoms with van der Waals surface area (Å²) in [4.78, 5) is 11.6. The number of hydrogen-bond donors (Lipinski definition) is 1. The molecule has 2 aromatic rings. The highest BCUT2D eigenvalue weighted by Crippen LogP contribution is 2.15. The highest BCUT2D eigenvalue weighted by atomic mass is 16.6. The van der Waals surface area contributed by atoms with Gasteiger partial charge in [0.2, 0.25) is 0 Å². The van der Waals surface area contributed by atoms with Crippen LogP contribution in [-0.2, 0) is 16.1 Å². The third-order valence-corrected chi connectivity index (χ3v) is 2.83. The molecule has 3 nitrogen and oxygen atoms in total. The Kier molecular flexibility index (Phi) is 4.40. The maximum atomic E-state index is 11.6. The topological polar surface area (TPSA) is 38.3 Å². The Hall–Kier alpha value is -1.87. The van der Waals surface area contributed by atoms with Crippen molar-refractivity contribution >= 4 is 16.7 Å². The molecule has 0 saturated carbocycles. The third-order valence-electron chi connectivity index (χ3n) is 2.83. The number of nitrogens with one attached hydrogen (secondary N) is 1. The van der Waals surface area contributed by atoms with Gasteiger partial charge in [0.15, 0.2) is 0 Å². The molecule has 0 radical (unpaired) electrons. The number of fused-ring (bicyclic) bond motifs is 1. The molecule has 20 heavy (non-hydrogen) atoms. The van der Waals surface area contributed by atoms with Gasteiger partial charge in [-0.15, -0.1) is 0 Å². The Morgan fingerprint density at radius 3 is 2.50 bits per heavy atom. The van der Waals surface area contributed by atoms with Crippen molar-refractivity contribution in [3.63, 3.8) is 0 Å². The Labute approximate surface area is 119 Å². The van der Waals surface area contributed by atoms with Crippen LogP contribution in [0.3, 0.4) is 0 Å². The second-order valence-electron chi connectivity index (χ2n) is 5.87. The Morgan fingerprint density at radius 1 is 1.10 bits per heavy atom. The van der Waals surface area contributed by atoms with E-state index in [4.69, 9.17) is 4.74 Å². The molecule has 0 atom stereocenters. The quantitative estimate of drug-likeness (QED) is 0.867. The lowest BCUT2D eigenvalue weighted by atomic mass is 10.1. The van der Waals surface area contributed by atoms with Crippen LogP contribution in [0, 0.1) is 0 Å². The van der Waals surface area contributed by atoms with Gasteiger partial charge in [0, 0.05) is 6.54 Å². The first-order chi connectivity index (χ1) is 9.44. The maximum Gasteiger partial charge on any atom is 0.320 e. The van der Waals surface area contributed by atoms with Crippen LogP contribution in [0.15, 0.2) is 42.5 Å². The molecule has 1 N–H and O–H groups in total. The monoisotopic (exact) mass is 271 g/mol. The molecular formula is C17H21NO2. The average Bonchev–Trinajstić information content (AvgIpc) is 2.36. The van der Waals surface area contributed by atoms with Gasteiger partial charge in [0.25, 0.3) is 0 Å². The summed E-state index contributed by atoms with van der Waals surface area (Å²) in [5.74, 6) is -0.224. The molecule has 0 bridgehead atoms. The number of carbonyl (C=O) groups excluding carboxylic acids is 1. The lowest BCUT2D eigenvalue weighted by Gasteiger charge is -2.19. The molecule has 0 aliphatic rings. The number of esters is 1. The van der Waals surface area contributed by atoms with Crippen LogP contribution < -0.4 is 5.32 Å². The minimum absolute atomic E-state index is 0.224. The first kappa shape index (κ1) is 14.5. The number of carbonyl (C=O) groups is 1. The largest absolute Gasteiger partial charge is 0.459 e. The fraction of sp³-hybridized carbons (Fsp3) is 0.353. The molecule has 0 aromatic heterocycles. The van der Waals surface area contributed by atoms with Gasteiger partial charge in [-0.25, -0.2) is 0 Å². The second kappa shape index (κ2) is 6.06. The molecule has 0 spiro atoms. The van der Waals surface area contributed by atoms with Gasteiger partial charge in [-0.1, -0.05) is 36.4 Å². The smallest absolute Gasteiger partial charge is 0.320 e. The van der Waals surface area contributed by atoms with Gasteiger partial charge in [-0.05, 0) is 43.2 Å². The minimum Gasteiger partial charge on any atom is -0.459 e. The van der Waals surface area contributed by atoms with Crippen LogP contribution in [0.5, 0.6) is 0 Å². The molecule has 0 amide bonds. The Morgan fingerprint density at radius 2 is 1.80 bits per heavy atom. The number of hydrogen-bond acceptors (Lipinski definition) is 3. The number of rotatable bonds is 4. The molecule has 0 unspecified atom stereocenters. The van der Waals surface area contributed by atoms with Crippen LogP contribution in [0.2, 0.25) is 0 Å². The second-order valence-corrected chi connectivity index (χ2v) is 5.87. The van der Waals surface area contributed by atoms with E-state index in [9.17, 15) is 4.79 Å². The summed E-state index contributed by atoms with van der Waals surface area (Å²) < 4.78 is 5.24. The minimum atomic E-state index is -0.429. The van der Waals surface area contributed by atoms with Crippen LogP contribution in [-0.4, -0.2) is 18.1 Å². The normalized spacial score (nSPS) is 11.6. The van der Waals surface area contributed by atoms with Crippen molar-refractivity contribution in [1.82, 2.24) is 5.32 Å². The highest BCUT2D eigenvalue weighted by Gasteiger charge is 2.15.